The molecule has 0 fully saturated rings. The molecular formula is C12H19NOS. The highest BCUT2D eigenvalue weighted by Gasteiger charge is 2.06. The Morgan fingerprint density at radius 3 is 2.20 bits per heavy atom. The van der Waals surface area contributed by atoms with E-state index in [0.717, 1.165) is 6.42 Å². The number of nitrogens with one attached hydrogen (secondary N) is 1. The highest BCUT2D eigenvalue weighted by molar-refractivity contribution is 7.92. The van der Waals surface area contributed by atoms with Crippen LogP contribution >= 0.6 is 0 Å². The highest BCUT2D eigenvalue weighted by atomic mass is 32.2. The Morgan fingerprint density at radius 2 is 1.80 bits per heavy atom. The van der Waals surface area contributed by atoms with Gasteiger partial charge in [-0.05, 0) is 30.0 Å². The van der Waals surface area contributed by atoms with Crippen LogP contribution in [0.15, 0.2) is 29.2 Å². The Bertz CT molecular complexity index is 404. The summed E-state index contributed by atoms with van der Waals surface area (Å²) in [5.41, 5.74) is 1.25. The van der Waals surface area contributed by atoms with Crippen molar-refractivity contribution in [1.29, 1.82) is 4.78 Å². The summed E-state index contributed by atoms with van der Waals surface area (Å²) in [5, 5.41) is 0. The number of hydrogen-bond donors (Lipinski definition) is 1. The number of hydrogen-bond acceptors (Lipinski definition) is 2. The lowest BCUT2D eigenvalue weighted by atomic mass is 10.0. The van der Waals surface area contributed by atoms with Gasteiger partial charge in [-0.15, -0.1) is 0 Å². The molecule has 0 aliphatic heterocycles. The van der Waals surface area contributed by atoms with E-state index in [0.29, 0.717) is 16.6 Å². The summed E-state index contributed by atoms with van der Waals surface area (Å²) in [6, 6.07) is 7.63. The van der Waals surface area contributed by atoms with Gasteiger partial charge < -0.3 is 0 Å². The third kappa shape index (κ3) is 3.34. The fourth-order valence-electron chi connectivity index (χ4n) is 1.48. The van der Waals surface area contributed by atoms with Gasteiger partial charge in [0.1, 0.15) is 0 Å². The molecule has 3 heteroatoms. The second kappa shape index (κ2) is 4.79. The van der Waals surface area contributed by atoms with Crippen LogP contribution in [0.2, 0.25) is 0 Å². The van der Waals surface area contributed by atoms with Crippen LogP contribution in [0.25, 0.3) is 0 Å². The molecule has 0 spiro atoms. The Kier molecular flexibility index (Phi) is 3.91. The molecule has 0 radical (unpaired) electrons. The van der Waals surface area contributed by atoms with Gasteiger partial charge in [0.05, 0.1) is 9.73 Å². The van der Waals surface area contributed by atoms with E-state index < -0.39 is 9.73 Å². The van der Waals surface area contributed by atoms with E-state index in [1.54, 1.807) is 6.92 Å². The predicted octanol–water partition coefficient (Wildman–Crippen LogP) is 3.31. The minimum Gasteiger partial charge on any atom is -0.249 e. The maximum atomic E-state index is 11.8. The van der Waals surface area contributed by atoms with E-state index in [4.69, 9.17) is 4.78 Å². The first-order valence-corrected chi connectivity index (χ1v) is 7.04. The van der Waals surface area contributed by atoms with Gasteiger partial charge in [0.25, 0.3) is 0 Å². The van der Waals surface area contributed by atoms with Crippen molar-refractivity contribution < 1.29 is 4.21 Å². The van der Waals surface area contributed by atoms with Crippen molar-refractivity contribution in [2.75, 3.05) is 5.75 Å². The molecule has 0 amide bonds. The van der Waals surface area contributed by atoms with Crippen LogP contribution in [0.5, 0.6) is 0 Å². The van der Waals surface area contributed by atoms with E-state index >= 15 is 0 Å². The first kappa shape index (κ1) is 12.2. The van der Waals surface area contributed by atoms with Gasteiger partial charge in [-0.3, -0.25) is 0 Å². The molecule has 15 heavy (non-hydrogen) atoms. The lowest BCUT2D eigenvalue weighted by molar-refractivity contribution is 0.647. The van der Waals surface area contributed by atoms with E-state index in [2.05, 4.69) is 13.8 Å². The minimum absolute atomic E-state index is 0.385. The molecule has 0 bridgehead atoms. The lowest BCUT2D eigenvalue weighted by Crippen LogP contribution is -2.02. The second-order valence-corrected chi connectivity index (χ2v) is 6.61. The molecular weight excluding hydrogens is 206 g/mol. The van der Waals surface area contributed by atoms with Crippen LogP contribution < -0.4 is 0 Å². The van der Waals surface area contributed by atoms with Gasteiger partial charge in [-0.1, -0.05) is 32.9 Å². The van der Waals surface area contributed by atoms with Crippen LogP contribution in [-0.2, 0) is 16.1 Å². The molecule has 0 aromatic heterocycles. The maximum Gasteiger partial charge on any atom is 0.0723 e. The van der Waals surface area contributed by atoms with Crippen molar-refractivity contribution in [3.63, 3.8) is 0 Å². The summed E-state index contributed by atoms with van der Waals surface area (Å²) < 4.78 is 19.4. The third-order valence-electron chi connectivity index (χ3n) is 2.35. The molecule has 1 aromatic carbocycles. The molecule has 2 nitrogen and oxygen atoms in total. The first-order chi connectivity index (χ1) is 6.95. The maximum absolute atomic E-state index is 11.8. The predicted molar refractivity (Wildman–Crippen MR) is 64.7 cm³/mol. The normalized spacial score (nSPS) is 15.2. The fraction of sp³-hybridized carbons (Fsp3) is 0.500. The standard InChI is InChI=1S/C12H19NOS/c1-4-15(13,14)12-7-5-11(6-8-12)9-10(2)3/h5-8,10,13H,4,9H2,1-3H3. The van der Waals surface area contributed by atoms with E-state index in [1.807, 2.05) is 24.3 Å². The molecule has 0 aliphatic rings. The zero-order valence-electron chi connectivity index (χ0n) is 9.62. The Morgan fingerprint density at radius 1 is 1.27 bits per heavy atom. The molecule has 0 saturated heterocycles. The Labute approximate surface area is 92.7 Å². The fourth-order valence-corrected chi connectivity index (χ4v) is 2.39. The SMILES string of the molecule is CCS(=N)(=O)c1ccc(CC(C)C)cc1. The zero-order chi connectivity index (χ0) is 11.5. The molecule has 1 rings (SSSR count). The van der Waals surface area contributed by atoms with Gasteiger partial charge >= 0.3 is 0 Å². The average Bonchev–Trinajstić information content (AvgIpc) is 2.18. The second-order valence-electron chi connectivity index (χ2n) is 4.21. The monoisotopic (exact) mass is 225 g/mol. The van der Waals surface area contributed by atoms with Crippen LogP contribution in [0.1, 0.15) is 26.3 Å². The average molecular weight is 225 g/mol. The minimum atomic E-state index is -2.54. The van der Waals surface area contributed by atoms with Crippen molar-refractivity contribution in [2.24, 2.45) is 5.92 Å². The molecule has 0 saturated carbocycles. The summed E-state index contributed by atoms with van der Waals surface area (Å²) >= 11 is 0. The van der Waals surface area contributed by atoms with Gasteiger partial charge in [0.15, 0.2) is 0 Å². The van der Waals surface area contributed by atoms with Crippen molar-refractivity contribution in [3.8, 4) is 0 Å². The molecule has 84 valence electrons. The quantitative estimate of drug-likeness (QED) is 0.839. The Hall–Kier alpha value is -0.830. The van der Waals surface area contributed by atoms with Crippen molar-refractivity contribution in [1.82, 2.24) is 0 Å². The van der Waals surface area contributed by atoms with Gasteiger partial charge in [0.2, 0.25) is 0 Å². The first-order valence-electron chi connectivity index (χ1n) is 5.31. The van der Waals surface area contributed by atoms with Crippen LogP contribution in [0.4, 0.5) is 0 Å². The van der Waals surface area contributed by atoms with Crippen LogP contribution in [-0.4, -0.2) is 9.96 Å². The van der Waals surface area contributed by atoms with E-state index in [1.165, 1.54) is 5.56 Å². The van der Waals surface area contributed by atoms with Gasteiger partial charge in [0, 0.05) is 10.6 Å². The highest BCUT2D eigenvalue weighted by Crippen LogP contribution is 2.15. The van der Waals surface area contributed by atoms with E-state index in [-0.39, 0.29) is 0 Å². The summed E-state index contributed by atoms with van der Waals surface area (Å²) in [7, 11) is -2.54. The van der Waals surface area contributed by atoms with Crippen molar-refractivity contribution in [2.45, 2.75) is 32.1 Å². The lowest BCUT2D eigenvalue weighted by Gasteiger charge is -2.07. The van der Waals surface area contributed by atoms with Crippen molar-refractivity contribution >= 4 is 9.73 Å². The van der Waals surface area contributed by atoms with Crippen LogP contribution in [0.3, 0.4) is 0 Å². The summed E-state index contributed by atoms with van der Waals surface area (Å²) in [4.78, 5) is 0.650. The van der Waals surface area contributed by atoms with Gasteiger partial charge in [-0.2, -0.15) is 0 Å². The molecule has 0 heterocycles. The van der Waals surface area contributed by atoms with Crippen LogP contribution in [0, 0.1) is 10.7 Å². The number of benzene rings is 1. The summed E-state index contributed by atoms with van der Waals surface area (Å²) in [6.07, 6.45) is 1.03. The molecule has 1 unspecified atom stereocenters. The van der Waals surface area contributed by atoms with E-state index in [9.17, 15) is 4.21 Å². The third-order valence-corrected chi connectivity index (χ3v) is 4.20. The summed E-state index contributed by atoms with van der Waals surface area (Å²) in [5.74, 6) is 1.01. The largest absolute Gasteiger partial charge is 0.249 e. The smallest absolute Gasteiger partial charge is 0.0723 e. The Balaban J connectivity index is 2.91. The van der Waals surface area contributed by atoms with Gasteiger partial charge in [-0.25, -0.2) is 8.99 Å². The summed E-state index contributed by atoms with van der Waals surface area (Å²) in [6.45, 7) is 6.14. The topological polar surface area (TPSA) is 40.9 Å². The zero-order valence-corrected chi connectivity index (χ0v) is 10.4. The molecule has 0 aliphatic carbocycles. The molecule has 1 N–H and O–H groups in total. The molecule has 1 atom stereocenters. The number of rotatable bonds is 4. The van der Waals surface area contributed by atoms with Crippen molar-refractivity contribution in [3.05, 3.63) is 29.8 Å². The molecule has 1 aromatic rings.